The van der Waals surface area contributed by atoms with E-state index in [0.29, 0.717) is 24.8 Å². The SMILES string of the molecule is Cc1cccc(CC/C=C/[C@@H]2[C@H]3CC(CNCCC(=O)N(C)C(C)(C)C)=C[C@H]3C[C@H]2O)c1. The maximum atomic E-state index is 12.3. The molecule has 0 unspecified atom stereocenters. The number of rotatable bonds is 9. The first-order valence-corrected chi connectivity index (χ1v) is 12.2. The third-order valence-electron chi connectivity index (χ3n) is 7.24. The van der Waals surface area contributed by atoms with Gasteiger partial charge in [-0.05, 0) is 70.8 Å². The van der Waals surface area contributed by atoms with Crippen LogP contribution in [0.2, 0.25) is 0 Å². The minimum absolute atomic E-state index is 0.133. The Kier molecular flexibility index (Phi) is 8.35. The van der Waals surface area contributed by atoms with Crippen LogP contribution in [0.1, 0.15) is 57.6 Å². The highest BCUT2D eigenvalue weighted by Gasteiger charge is 2.43. The average molecular weight is 439 g/mol. The van der Waals surface area contributed by atoms with Crippen molar-refractivity contribution in [1.29, 1.82) is 0 Å². The van der Waals surface area contributed by atoms with Gasteiger partial charge in [0.25, 0.3) is 0 Å². The summed E-state index contributed by atoms with van der Waals surface area (Å²) in [5, 5.41) is 14.0. The Bertz CT molecular complexity index is 836. The molecule has 0 aromatic heterocycles. The Balaban J connectivity index is 1.41. The summed E-state index contributed by atoms with van der Waals surface area (Å²) in [7, 11) is 1.88. The molecular formula is C28H42N2O2. The molecule has 0 radical (unpaired) electrons. The zero-order valence-electron chi connectivity index (χ0n) is 20.6. The van der Waals surface area contributed by atoms with E-state index in [0.717, 1.165) is 32.2 Å². The van der Waals surface area contributed by atoms with Gasteiger partial charge in [-0.1, -0.05) is 53.6 Å². The van der Waals surface area contributed by atoms with Crippen LogP contribution in [-0.4, -0.2) is 47.7 Å². The molecule has 1 fully saturated rings. The van der Waals surface area contributed by atoms with E-state index in [-0.39, 0.29) is 23.5 Å². The van der Waals surface area contributed by atoms with Gasteiger partial charge in [-0.15, -0.1) is 0 Å². The Hall–Kier alpha value is -1.91. The van der Waals surface area contributed by atoms with Crippen LogP contribution in [0.3, 0.4) is 0 Å². The molecule has 1 amide bonds. The van der Waals surface area contributed by atoms with Crippen molar-refractivity contribution in [3.63, 3.8) is 0 Å². The summed E-state index contributed by atoms with van der Waals surface area (Å²) in [6.45, 7) is 9.86. The molecule has 32 heavy (non-hydrogen) atoms. The smallest absolute Gasteiger partial charge is 0.224 e. The van der Waals surface area contributed by atoms with Gasteiger partial charge in [-0.2, -0.15) is 0 Å². The number of benzene rings is 1. The average Bonchev–Trinajstić information content (AvgIpc) is 3.24. The number of allylic oxidation sites excluding steroid dienone is 2. The van der Waals surface area contributed by atoms with E-state index in [2.05, 4.69) is 75.5 Å². The van der Waals surface area contributed by atoms with Crippen molar-refractivity contribution in [2.24, 2.45) is 17.8 Å². The molecule has 1 aromatic carbocycles. The van der Waals surface area contributed by atoms with E-state index in [1.165, 1.54) is 16.7 Å². The molecule has 2 N–H and O–H groups in total. The van der Waals surface area contributed by atoms with Crippen molar-refractivity contribution < 1.29 is 9.90 Å². The number of carbonyl (C=O) groups is 1. The number of aliphatic hydroxyl groups is 1. The van der Waals surface area contributed by atoms with E-state index < -0.39 is 0 Å². The second-order valence-electron chi connectivity index (χ2n) is 10.7. The number of fused-ring (bicyclic) bond motifs is 1. The van der Waals surface area contributed by atoms with E-state index in [4.69, 9.17) is 0 Å². The van der Waals surface area contributed by atoms with Crippen molar-refractivity contribution in [2.45, 2.75) is 71.4 Å². The minimum Gasteiger partial charge on any atom is -0.392 e. The largest absolute Gasteiger partial charge is 0.392 e. The zero-order chi connectivity index (χ0) is 23.3. The second kappa shape index (κ2) is 10.8. The van der Waals surface area contributed by atoms with Crippen LogP contribution in [0.15, 0.2) is 48.1 Å². The Labute approximate surface area is 194 Å². The summed E-state index contributed by atoms with van der Waals surface area (Å²) in [5.74, 6) is 1.45. The van der Waals surface area contributed by atoms with E-state index in [9.17, 15) is 9.90 Å². The molecule has 4 heteroatoms. The predicted octanol–water partition coefficient (Wildman–Crippen LogP) is 4.66. The monoisotopic (exact) mass is 438 g/mol. The molecule has 2 aliphatic carbocycles. The molecule has 1 aromatic rings. The van der Waals surface area contributed by atoms with Gasteiger partial charge in [0.05, 0.1) is 6.10 Å². The fourth-order valence-electron chi connectivity index (χ4n) is 5.09. The first kappa shape index (κ1) is 24.7. The van der Waals surface area contributed by atoms with Gasteiger partial charge in [0.15, 0.2) is 0 Å². The van der Waals surface area contributed by atoms with Gasteiger partial charge in [0.2, 0.25) is 5.91 Å². The lowest BCUT2D eigenvalue weighted by molar-refractivity contribution is -0.133. The van der Waals surface area contributed by atoms with Gasteiger partial charge in [-0.25, -0.2) is 0 Å². The number of hydrogen-bond donors (Lipinski definition) is 2. The highest BCUT2D eigenvalue weighted by molar-refractivity contribution is 5.76. The number of carbonyl (C=O) groups excluding carboxylic acids is 1. The number of aryl methyl sites for hydroxylation is 2. The summed E-state index contributed by atoms with van der Waals surface area (Å²) < 4.78 is 0. The fourth-order valence-corrected chi connectivity index (χ4v) is 5.09. The quantitative estimate of drug-likeness (QED) is 0.435. The topological polar surface area (TPSA) is 52.6 Å². The van der Waals surface area contributed by atoms with E-state index >= 15 is 0 Å². The molecule has 4 atom stereocenters. The lowest BCUT2D eigenvalue weighted by Gasteiger charge is -2.32. The fraction of sp³-hybridized carbons (Fsp3) is 0.607. The Morgan fingerprint density at radius 1 is 1.31 bits per heavy atom. The summed E-state index contributed by atoms with van der Waals surface area (Å²) in [6, 6.07) is 8.70. The third-order valence-corrected chi connectivity index (χ3v) is 7.24. The highest BCUT2D eigenvalue weighted by Crippen LogP contribution is 2.47. The van der Waals surface area contributed by atoms with Gasteiger partial charge < -0.3 is 15.3 Å². The van der Waals surface area contributed by atoms with Crippen LogP contribution in [0.5, 0.6) is 0 Å². The summed E-state index contributed by atoms with van der Waals surface area (Å²) >= 11 is 0. The molecular weight excluding hydrogens is 396 g/mol. The molecule has 1 saturated carbocycles. The molecule has 0 saturated heterocycles. The van der Waals surface area contributed by atoms with Crippen LogP contribution in [0.25, 0.3) is 0 Å². The van der Waals surface area contributed by atoms with Crippen molar-refractivity contribution in [3.05, 3.63) is 59.2 Å². The first-order chi connectivity index (χ1) is 15.1. The third kappa shape index (κ3) is 6.55. The predicted molar refractivity (Wildman–Crippen MR) is 132 cm³/mol. The normalized spacial score (nSPS) is 25.2. The summed E-state index contributed by atoms with van der Waals surface area (Å²) in [6.07, 6.45) is 11.2. The Morgan fingerprint density at radius 3 is 2.81 bits per heavy atom. The van der Waals surface area contributed by atoms with E-state index in [1.54, 1.807) is 0 Å². The molecule has 3 rings (SSSR count). The van der Waals surface area contributed by atoms with Gasteiger partial charge in [-0.3, -0.25) is 4.79 Å². The van der Waals surface area contributed by atoms with Crippen molar-refractivity contribution in [2.75, 3.05) is 20.1 Å². The molecule has 2 aliphatic rings. The first-order valence-electron chi connectivity index (χ1n) is 12.2. The molecule has 0 aliphatic heterocycles. The van der Waals surface area contributed by atoms with E-state index in [1.807, 2.05) is 11.9 Å². The zero-order valence-corrected chi connectivity index (χ0v) is 20.6. The molecule has 4 nitrogen and oxygen atoms in total. The van der Waals surface area contributed by atoms with Crippen molar-refractivity contribution in [1.82, 2.24) is 10.2 Å². The van der Waals surface area contributed by atoms with Gasteiger partial charge in [0.1, 0.15) is 0 Å². The van der Waals surface area contributed by atoms with Gasteiger partial charge in [0, 0.05) is 38.0 Å². The van der Waals surface area contributed by atoms with Crippen LogP contribution in [0, 0.1) is 24.7 Å². The van der Waals surface area contributed by atoms with Crippen LogP contribution in [0.4, 0.5) is 0 Å². The van der Waals surface area contributed by atoms with Gasteiger partial charge >= 0.3 is 0 Å². The molecule has 176 valence electrons. The number of nitrogens with one attached hydrogen (secondary N) is 1. The standard InChI is InChI=1S/C28H42N2O2/c1-20-9-8-11-21(15-20)10-6-7-12-24-25-17-22(16-23(25)18-26(24)31)19-29-14-13-27(32)30(5)28(2,3)4/h7-9,11-12,15-16,23-26,29,31H,6,10,13-14,17-19H2,1-5H3/b12-7+/t23-,24+,25-,26+/m0/s1. The highest BCUT2D eigenvalue weighted by atomic mass is 16.3. The van der Waals surface area contributed by atoms with Crippen LogP contribution < -0.4 is 5.32 Å². The minimum atomic E-state index is -0.225. The molecule has 0 bridgehead atoms. The number of amides is 1. The second-order valence-corrected chi connectivity index (χ2v) is 10.7. The lowest BCUT2D eigenvalue weighted by Crippen LogP contribution is -2.43. The summed E-state index contributed by atoms with van der Waals surface area (Å²) in [4.78, 5) is 14.1. The maximum absolute atomic E-state index is 12.3. The maximum Gasteiger partial charge on any atom is 0.224 e. The molecule has 0 heterocycles. The number of hydrogen-bond acceptors (Lipinski definition) is 3. The van der Waals surface area contributed by atoms with Crippen LogP contribution in [-0.2, 0) is 11.2 Å². The van der Waals surface area contributed by atoms with Crippen molar-refractivity contribution >= 4 is 5.91 Å². The van der Waals surface area contributed by atoms with Crippen molar-refractivity contribution in [3.8, 4) is 0 Å². The number of nitrogens with zero attached hydrogens (tertiary/aromatic N) is 1. The Morgan fingerprint density at radius 2 is 2.09 bits per heavy atom. The summed E-state index contributed by atoms with van der Waals surface area (Å²) in [5.41, 5.74) is 3.99. The number of aliphatic hydroxyl groups excluding tert-OH is 1. The van der Waals surface area contributed by atoms with Crippen LogP contribution >= 0.6 is 0 Å². The lowest BCUT2D eigenvalue weighted by atomic mass is 9.89. The molecule has 0 spiro atoms.